The Morgan fingerprint density at radius 1 is 1.00 bits per heavy atom. The molecule has 0 aliphatic carbocycles. The molecule has 49 heavy (non-hydrogen) atoms. The zero-order valence-corrected chi connectivity index (χ0v) is 29.5. The Labute approximate surface area is 295 Å². The highest BCUT2D eigenvalue weighted by atomic mass is 79.9. The first-order chi connectivity index (χ1) is 23.6. The van der Waals surface area contributed by atoms with Crippen molar-refractivity contribution in [2.75, 3.05) is 6.61 Å². The van der Waals surface area contributed by atoms with Crippen LogP contribution in [0.25, 0.3) is 11.8 Å². The second kappa shape index (κ2) is 14.6. The molecule has 1 aliphatic rings. The first-order valence-corrected chi connectivity index (χ1v) is 17.4. The number of hydrogen-bond donors (Lipinski definition) is 1. The number of fused-ring (bicyclic) bond motifs is 1. The largest absolute Gasteiger partial charge is 0.488 e. The van der Waals surface area contributed by atoms with Crippen molar-refractivity contribution in [3.63, 3.8) is 0 Å². The first kappa shape index (κ1) is 33.8. The number of carbonyl (C=O) groups is 2. The third-order valence-electron chi connectivity index (χ3n) is 8.14. The molecular formula is C39H33BrN2O6S. The average molecular weight is 738 g/mol. The van der Waals surface area contributed by atoms with Crippen molar-refractivity contribution < 1.29 is 24.2 Å². The van der Waals surface area contributed by atoms with Crippen LogP contribution in [-0.4, -0.2) is 28.2 Å². The number of aromatic nitrogens is 1. The number of aromatic carboxylic acids is 1. The minimum absolute atomic E-state index is 0.180. The van der Waals surface area contributed by atoms with Crippen molar-refractivity contribution in [1.82, 2.24) is 4.57 Å². The van der Waals surface area contributed by atoms with Gasteiger partial charge in [-0.1, -0.05) is 98.0 Å². The fraction of sp³-hybridized carbons (Fsp3) is 0.179. The molecule has 2 heterocycles. The van der Waals surface area contributed by atoms with E-state index in [1.807, 2.05) is 72.8 Å². The lowest BCUT2D eigenvalue weighted by atomic mass is 9.91. The lowest BCUT2D eigenvalue weighted by Gasteiger charge is -2.26. The van der Waals surface area contributed by atoms with E-state index in [2.05, 4.69) is 29.8 Å². The van der Waals surface area contributed by atoms with Crippen LogP contribution in [0.1, 0.15) is 70.9 Å². The van der Waals surface area contributed by atoms with Crippen molar-refractivity contribution in [2.45, 2.75) is 39.3 Å². The number of ether oxygens (including phenoxy) is 2. The van der Waals surface area contributed by atoms with Crippen LogP contribution in [0.2, 0.25) is 0 Å². The number of benzene rings is 4. The van der Waals surface area contributed by atoms with Crippen molar-refractivity contribution >= 4 is 51.0 Å². The van der Waals surface area contributed by atoms with Gasteiger partial charge in [-0.15, -0.1) is 0 Å². The van der Waals surface area contributed by atoms with Gasteiger partial charge >= 0.3 is 11.9 Å². The van der Waals surface area contributed by atoms with E-state index in [1.54, 1.807) is 41.8 Å². The van der Waals surface area contributed by atoms with Crippen molar-refractivity contribution in [1.29, 1.82) is 0 Å². The Morgan fingerprint density at radius 3 is 2.35 bits per heavy atom. The molecule has 0 radical (unpaired) electrons. The van der Waals surface area contributed by atoms with Crippen LogP contribution < -0.4 is 19.6 Å². The molecule has 0 amide bonds. The number of esters is 1. The summed E-state index contributed by atoms with van der Waals surface area (Å²) in [7, 11) is 0. The van der Waals surface area contributed by atoms with Crippen LogP contribution in [0.5, 0.6) is 5.75 Å². The molecular weight excluding hydrogens is 704 g/mol. The summed E-state index contributed by atoms with van der Waals surface area (Å²) in [5.74, 6) is -0.588. The number of carboxylic acids is 1. The molecule has 0 saturated carbocycles. The van der Waals surface area contributed by atoms with Crippen LogP contribution in [0.3, 0.4) is 0 Å². The fourth-order valence-electron chi connectivity index (χ4n) is 5.60. The monoisotopic (exact) mass is 736 g/mol. The predicted molar refractivity (Wildman–Crippen MR) is 193 cm³/mol. The summed E-state index contributed by atoms with van der Waals surface area (Å²) in [6.45, 7) is 6.43. The normalized spacial score (nSPS) is 14.4. The van der Waals surface area contributed by atoms with Gasteiger partial charge in [0.15, 0.2) is 4.80 Å². The summed E-state index contributed by atoms with van der Waals surface area (Å²) >= 11 is 4.85. The fourth-order valence-corrected chi connectivity index (χ4v) is 7.11. The molecule has 5 aromatic rings. The van der Waals surface area contributed by atoms with Crippen molar-refractivity contribution in [2.24, 2.45) is 4.99 Å². The molecule has 248 valence electrons. The molecule has 0 bridgehead atoms. The third kappa shape index (κ3) is 7.21. The van der Waals surface area contributed by atoms with E-state index in [4.69, 9.17) is 19.6 Å². The van der Waals surface area contributed by atoms with Gasteiger partial charge in [-0.05, 0) is 81.4 Å². The van der Waals surface area contributed by atoms with E-state index < -0.39 is 18.0 Å². The average Bonchev–Trinajstić information content (AvgIpc) is 3.41. The molecule has 0 unspecified atom stereocenters. The standard InChI is InChI=1S/C39H33BrN2O6S/c1-4-47-38(46)33-34(27-8-6-5-7-9-27)41-39-42(35(33)28-17-15-26(16-18-28)23(2)3)36(43)32(49-39)21-25-12-19-31(30(40)20-25)48-22-24-10-13-29(14-11-24)37(44)45/h5-21,23,35H,4,22H2,1-3H3,(H,44,45)/b32-21+/t35-/m0/s1. The van der Waals surface area contributed by atoms with E-state index in [-0.39, 0.29) is 24.3 Å². The molecule has 1 N–H and O–H groups in total. The SMILES string of the molecule is CCOC(=O)C1=C(c2ccccc2)N=c2s/c(=C/c3ccc(OCc4ccc(C(=O)O)cc4)c(Br)c3)c(=O)n2[C@H]1c1ccc(C(C)C)cc1. The number of halogens is 1. The Morgan fingerprint density at radius 2 is 1.71 bits per heavy atom. The molecule has 4 aromatic carbocycles. The molecule has 0 spiro atoms. The highest BCUT2D eigenvalue weighted by molar-refractivity contribution is 9.10. The number of hydrogen-bond acceptors (Lipinski definition) is 7. The molecule has 6 rings (SSSR count). The first-order valence-electron chi connectivity index (χ1n) is 15.8. The van der Waals surface area contributed by atoms with Gasteiger partial charge in [0.2, 0.25) is 0 Å². The van der Waals surface area contributed by atoms with Crippen LogP contribution >= 0.6 is 27.3 Å². The lowest BCUT2D eigenvalue weighted by molar-refractivity contribution is -0.138. The van der Waals surface area contributed by atoms with E-state index in [0.717, 1.165) is 27.8 Å². The second-order valence-electron chi connectivity index (χ2n) is 11.7. The summed E-state index contributed by atoms with van der Waals surface area (Å²) < 4.78 is 14.3. The van der Waals surface area contributed by atoms with E-state index in [0.29, 0.717) is 36.7 Å². The molecule has 0 fully saturated rings. The van der Waals surface area contributed by atoms with Gasteiger partial charge in [0, 0.05) is 5.56 Å². The molecule has 10 heteroatoms. The Hall–Kier alpha value is -5.06. The summed E-state index contributed by atoms with van der Waals surface area (Å²) in [5.41, 5.74) is 5.01. The summed E-state index contributed by atoms with van der Waals surface area (Å²) in [6, 6.07) is 28.8. The van der Waals surface area contributed by atoms with Gasteiger partial charge in [-0.25, -0.2) is 14.6 Å². The highest BCUT2D eigenvalue weighted by Crippen LogP contribution is 2.36. The number of nitrogens with zero attached hydrogens (tertiary/aromatic N) is 2. The quantitative estimate of drug-likeness (QED) is 0.153. The second-order valence-corrected chi connectivity index (χ2v) is 13.6. The maximum absolute atomic E-state index is 14.3. The van der Waals surface area contributed by atoms with Gasteiger partial charge < -0.3 is 14.6 Å². The summed E-state index contributed by atoms with van der Waals surface area (Å²) in [6.07, 6.45) is 1.80. The molecule has 0 saturated heterocycles. The van der Waals surface area contributed by atoms with Crippen molar-refractivity contribution in [3.8, 4) is 5.75 Å². The number of carboxylic acid groups (broad SMARTS) is 1. The Kier molecular flexibility index (Phi) is 10.1. The summed E-state index contributed by atoms with van der Waals surface area (Å²) in [4.78, 5) is 44.5. The molecule has 1 atom stereocenters. The molecule has 1 aromatic heterocycles. The summed E-state index contributed by atoms with van der Waals surface area (Å²) in [5, 5.41) is 9.13. The van der Waals surface area contributed by atoms with Gasteiger partial charge in [0.05, 0.1) is 38.5 Å². The maximum Gasteiger partial charge on any atom is 0.338 e. The minimum Gasteiger partial charge on any atom is -0.488 e. The van der Waals surface area contributed by atoms with Crippen LogP contribution in [0, 0.1) is 0 Å². The molecule has 8 nitrogen and oxygen atoms in total. The Balaban J connectivity index is 1.42. The smallest absolute Gasteiger partial charge is 0.338 e. The third-order valence-corrected chi connectivity index (χ3v) is 9.74. The number of carbonyl (C=O) groups excluding carboxylic acids is 1. The highest BCUT2D eigenvalue weighted by Gasteiger charge is 2.35. The zero-order valence-electron chi connectivity index (χ0n) is 27.1. The van der Waals surface area contributed by atoms with Crippen LogP contribution in [-0.2, 0) is 16.1 Å². The molecule has 1 aliphatic heterocycles. The van der Waals surface area contributed by atoms with Gasteiger partial charge in [-0.3, -0.25) is 9.36 Å². The van der Waals surface area contributed by atoms with Gasteiger partial charge in [0.25, 0.3) is 5.56 Å². The van der Waals surface area contributed by atoms with Gasteiger partial charge in [-0.2, -0.15) is 0 Å². The minimum atomic E-state index is -0.981. The topological polar surface area (TPSA) is 107 Å². The predicted octanol–water partition coefficient (Wildman–Crippen LogP) is 7.10. The lowest BCUT2D eigenvalue weighted by Crippen LogP contribution is -2.40. The Bertz CT molecular complexity index is 2240. The number of rotatable bonds is 10. The van der Waals surface area contributed by atoms with Crippen molar-refractivity contribution in [3.05, 3.63) is 160 Å². The van der Waals surface area contributed by atoms with E-state index >= 15 is 0 Å². The zero-order chi connectivity index (χ0) is 34.7. The van der Waals surface area contributed by atoms with Crippen LogP contribution in [0.15, 0.2) is 117 Å². The van der Waals surface area contributed by atoms with E-state index in [1.165, 1.54) is 11.3 Å². The van der Waals surface area contributed by atoms with Gasteiger partial charge in [0.1, 0.15) is 12.4 Å². The van der Waals surface area contributed by atoms with E-state index in [9.17, 15) is 14.4 Å². The maximum atomic E-state index is 14.3. The number of thiazole rings is 1. The van der Waals surface area contributed by atoms with Crippen LogP contribution in [0.4, 0.5) is 0 Å².